The predicted octanol–water partition coefficient (Wildman–Crippen LogP) is -0.944. The summed E-state index contributed by atoms with van der Waals surface area (Å²) in [4.78, 5) is 126. The van der Waals surface area contributed by atoms with Crippen molar-refractivity contribution in [2.75, 3.05) is 6.54 Å². The van der Waals surface area contributed by atoms with E-state index in [1.54, 1.807) is 71.9 Å². The molecule has 21 nitrogen and oxygen atoms in total. The standard InChI is InChI=1S/C43H67N11O10/c1-8-25(6)36(43(63)64)54-40(60)32(20-33(45)56)51-37(57)29(16-12-13-17-44)49-42(62)35(24(4)5)53-39(59)30(18-27-14-10-9-11-15-27)50-38(58)31(19-28-21-46-22-47-28)52-41(61)34(23(2)3)48-26(7)55/h9-11,14-15,21-25,29-32,34-36H,8,12-13,16-20,44H2,1-7H3,(H2,45,56)(H,46,47)(H,48,55)(H,49,62)(H,50,58)(H,51,57)(H,52,61)(H,53,59)(H,54,60)(H,63,64)/t25-,29-,30-,31-,32-,34-,35-,36-/m0/s1. The molecule has 64 heavy (non-hydrogen) atoms. The van der Waals surface area contributed by atoms with Crippen LogP contribution >= 0.6 is 0 Å². The lowest BCUT2D eigenvalue weighted by Crippen LogP contribution is -2.61. The number of aliphatic carboxylic acids is 1. The number of carboxylic acids is 1. The number of carbonyl (C=O) groups is 9. The fraction of sp³-hybridized carbons (Fsp3) is 0.581. The lowest BCUT2D eigenvalue weighted by Gasteiger charge is -2.29. The molecular formula is C43H67N11O10. The molecule has 0 saturated carbocycles. The third kappa shape index (κ3) is 18.1. The largest absolute Gasteiger partial charge is 0.480 e. The van der Waals surface area contributed by atoms with E-state index in [0.717, 1.165) is 0 Å². The van der Waals surface area contributed by atoms with Gasteiger partial charge in [0.2, 0.25) is 47.3 Å². The van der Waals surface area contributed by atoms with Gasteiger partial charge in [-0.25, -0.2) is 9.78 Å². The van der Waals surface area contributed by atoms with Crippen LogP contribution in [0, 0.1) is 17.8 Å². The number of benzene rings is 1. The van der Waals surface area contributed by atoms with Gasteiger partial charge in [0.05, 0.1) is 12.7 Å². The molecule has 0 unspecified atom stereocenters. The fourth-order valence-corrected chi connectivity index (χ4v) is 6.60. The molecule has 8 atom stereocenters. The van der Waals surface area contributed by atoms with Gasteiger partial charge in [-0.05, 0) is 49.1 Å². The summed E-state index contributed by atoms with van der Waals surface area (Å²) in [5, 5.41) is 27.9. The van der Waals surface area contributed by atoms with E-state index < -0.39 is 114 Å². The first-order valence-electron chi connectivity index (χ1n) is 21.5. The van der Waals surface area contributed by atoms with Gasteiger partial charge in [0, 0.05) is 31.7 Å². The highest BCUT2D eigenvalue weighted by Crippen LogP contribution is 2.12. The number of unbranched alkanes of at least 4 members (excludes halogenated alkanes) is 1. The Balaban J connectivity index is 2.44. The van der Waals surface area contributed by atoms with E-state index in [1.807, 2.05) is 0 Å². The van der Waals surface area contributed by atoms with Gasteiger partial charge in [-0.2, -0.15) is 0 Å². The Bertz CT molecular complexity index is 1880. The lowest BCUT2D eigenvalue weighted by atomic mass is 9.98. The molecule has 1 aromatic heterocycles. The molecule has 0 aliphatic carbocycles. The van der Waals surface area contributed by atoms with E-state index in [1.165, 1.54) is 19.4 Å². The minimum absolute atomic E-state index is 0.0266. The van der Waals surface area contributed by atoms with Crippen LogP contribution < -0.4 is 48.7 Å². The number of hydrogen-bond donors (Lipinski definition) is 11. The van der Waals surface area contributed by atoms with Crippen LogP contribution in [-0.4, -0.2) is 117 Å². The molecule has 13 N–H and O–H groups in total. The van der Waals surface area contributed by atoms with E-state index in [4.69, 9.17) is 11.5 Å². The Morgan fingerprint density at radius 3 is 1.67 bits per heavy atom. The van der Waals surface area contributed by atoms with Crippen LogP contribution in [0.25, 0.3) is 0 Å². The molecule has 21 heteroatoms. The highest BCUT2D eigenvalue weighted by molar-refractivity contribution is 5.98. The molecule has 0 fully saturated rings. The van der Waals surface area contributed by atoms with E-state index >= 15 is 0 Å². The Morgan fingerprint density at radius 2 is 1.16 bits per heavy atom. The molecule has 354 valence electrons. The maximum atomic E-state index is 14.3. The molecule has 0 radical (unpaired) electrons. The smallest absolute Gasteiger partial charge is 0.326 e. The Labute approximate surface area is 373 Å². The van der Waals surface area contributed by atoms with Crippen molar-refractivity contribution in [3.05, 3.63) is 54.1 Å². The van der Waals surface area contributed by atoms with Crippen LogP contribution in [0.4, 0.5) is 0 Å². The minimum Gasteiger partial charge on any atom is -0.480 e. The number of nitrogens with two attached hydrogens (primary N) is 2. The highest BCUT2D eigenvalue weighted by atomic mass is 16.4. The summed E-state index contributed by atoms with van der Waals surface area (Å²) >= 11 is 0. The average molecular weight is 898 g/mol. The molecule has 1 aromatic carbocycles. The van der Waals surface area contributed by atoms with Crippen molar-refractivity contribution in [2.24, 2.45) is 29.2 Å². The number of nitrogens with zero attached hydrogens (tertiary/aromatic N) is 1. The third-order valence-electron chi connectivity index (χ3n) is 10.5. The van der Waals surface area contributed by atoms with E-state index in [-0.39, 0.29) is 31.7 Å². The molecule has 0 saturated heterocycles. The average Bonchev–Trinajstić information content (AvgIpc) is 3.75. The number of primary amides is 1. The van der Waals surface area contributed by atoms with Gasteiger partial charge in [-0.1, -0.05) is 78.3 Å². The van der Waals surface area contributed by atoms with E-state index in [0.29, 0.717) is 30.5 Å². The normalized spacial score (nSPS) is 14.9. The zero-order chi connectivity index (χ0) is 48.1. The number of aromatic amines is 1. The van der Waals surface area contributed by atoms with Crippen LogP contribution in [0.15, 0.2) is 42.9 Å². The molecule has 8 amide bonds. The highest BCUT2D eigenvalue weighted by Gasteiger charge is 2.36. The minimum atomic E-state index is -1.59. The van der Waals surface area contributed by atoms with Gasteiger partial charge in [-0.15, -0.1) is 0 Å². The zero-order valence-corrected chi connectivity index (χ0v) is 37.7. The second-order valence-electron chi connectivity index (χ2n) is 16.5. The SMILES string of the molecule is CC[C@H](C)[C@H](NC(=O)[C@H](CC(N)=O)NC(=O)[C@H](CCCCN)NC(=O)[C@@H](NC(=O)[C@H](Cc1ccccc1)NC(=O)[C@H](Cc1cnc[nH]1)NC(=O)[C@@H](NC(C)=O)C(C)C)C(C)C)C(=O)O. The summed E-state index contributed by atoms with van der Waals surface area (Å²) in [6.45, 7) is 11.6. The van der Waals surface area contributed by atoms with Gasteiger partial charge in [0.1, 0.15) is 42.3 Å². The molecule has 0 spiro atoms. The maximum absolute atomic E-state index is 14.3. The second kappa shape index (κ2) is 26.9. The summed E-state index contributed by atoms with van der Waals surface area (Å²) in [5.74, 6) is -8.94. The van der Waals surface area contributed by atoms with Crippen molar-refractivity contribution in [1.82, 2.24) is 47.2 Å². The first kappa shape index (κ1) is 53.8. The van der Waals surface area contributed by atoms with Gasteiger partial charge < -0.3 is 58.8 Å². The van der Waals surface area contributed by atoms with Crippen LogP contribution in [0.2, 0.25) is 0 Å². The molecule has 2 rings (SSSR count). The number of H-pyrrole nitrogens is 1. The predicted molar refractivity (Wildman–Crippen MR) is 235 cm³/mol. The number of nitrogens with one attached hydrogen (secondary N) is 8. The van der Waals surface area contributed by atoms with Gasteiger partial charge in [0.15, 0.2) is 0 Å². The Hall–Kier alpha value is -6.38. The summed E-state index contributed by atoms with van der Waals surface area (Å²) < 4.78 is 0. The molecular weight excluding hydrogens is 831 g/mol. The zero-order valence-electron chi connectivity index (χ0n) is 37.7. The Kier molecular flexibility index (Phi) is 22.6. The molecule has 1 heterocycles. The van der Waals surface area contributed by atoms with Crippen molar-refractivity contribution in [2.45, 2.75) is 136 Å². The van der Waals surface area contributed by atoms with Crippen LogP contribution in [0.1, 0.15) is 91.8 Å². The van der Waals surface area contributed by atoms with Gasteiger partial charge in [-0.3, -0.25) is 38.4 Å². The molecule has 2 aromatic rings. The van der Waals surface area contributed by atoms with Crippen LogP contribution in [0.5, 0.6) is 0 Å². The number of carbonyl (C=O) groups excluding carboxylic acids is 8. The number of amides is 8. The van der Waals surface area contributed by atoms with Crippen LogP contribution in [0.3, 0.4) is 0 Å². The number of hydrogen-bond acceptors (Lipinski definition) is 11. The number of aromatic nitrogens is 2. The summed E-state index contributed by atoms with van der Waals surface area (Å²) in [6, 6.07) is -0.300. The topological polar surface area (TPSA) is 339 Å². The van der Waals surface area contributed by atoms with Crippen molar-refractivity contribution < 1.29 is 48.3 Å². The molecule has 0 bridgehead atoms. The van der Waals surface area contributed by atoms with Crippen LogP contribution in [-0.2, 0) is 56.0 Å². The monoisotopic (exact) mass is 898 g/mol. The maximum Gasteiger partial charge on any atom is 0.326 e. The second-order valence-corrected chi connectivity index (χ2v) is 16.5. The van der Waals surface area contributed by atoms with Crippen molar-refractivity contribution in [1.29, 1.82) is 0 Å². The summed E-state index contributed by atoms with van der Waals surface area (Å²) in [7, 11) is 0. The first-order chi connectivity index (χ1) is 30.2. The molecule has 0 aliphatic rings. The fourth-order valence-electron chi connectivity index (χ4n) is 6.60. The lowest BCUT2D eigenvalue weighted by molar-refractivity contribution is -0.144. The van der Waals surface area contributed by atoms with Crippen molar-refractivity contribution in [3.63, 3.8) is 0 Å². The first-order valence-corrected chi connectivity index (χ1v) is 21.5. The quantitative estimate of drug-likeness (QED) is 0.0461. The summed E-state index contributed by atoms with van der Waals surface area (Å²) in [6.07, 6.45) is 3.33. The van der Waals surface area contributed by atoms with E-state index in [2.05, 4.69) is 47.2 Å². The number of carboxylic acid groups (broad SMARTS) is 1. The molecule has 0 aliphatic heterocycles. The van der Waals surface area contributed by atoms with Crippen molar-refractivity contribution >= 4 is 53.2 Å². The van der Waals surface area contributed by atoms with E-state index in [9.17, 15) is 48.3 Å². The number of rotatable bonds is 28. The summed E-state index contributed by atoms with van der Waals surface area (Å²) in [5.41, 5.74) is 12.2. The van der Waals surface area contributed by atoms with Gasteiger partial charge >= 0.3 is 5.97 Å². The third-order valence-corrected chi connectivity index (χ3v) is 10.5. The number of imidazole rings is 1. The van der Waals surface area contributed by atoms with Gasteiger partial charge in [0.25, 0.3) is 0 Å². The Morgan fingerprint density at radius 1 is 0.656 bits per heavy atom. The van der Waals surface area contributed by atoms with Crippen molar-refractivity contribution in [3.8, 4) is 0 Å².